The Morgan fingerprint density at radius 3 is 1.81 bits per heavy atom. The summed E-state index contributed by atoms with van der Waals surface area (Å²) >= 11 is 0. The Labute approximate surface area is 384 Å². The molecule has 0 saturated heterocycles. The number of aliphatic hydroxyl groups is 8. The Hall–Kier alpha value is -6.99. The number of carbonyl (C=O) groups excluding carboxylic acids is 5. The number of carboxylic acids is 2. The van der Waals surface area contributed by atoms with Gasteiger partial charge in [-0.05, 0) is 44.5 Å². The van der Waals surface area contributed by atoms with Crippen LogP contribution >= 0.6 is 0 Å². The number of aliphatic hydroxyl groups excluding tert-OH is 8. The Morgan fingerprint density at radius 1 is 0.691 bits per heavy atom. The van der Waals surface area contributed by atoms with Gasteiger partial charge in [-0.15, -0.1) is 0 Å². The van der Waals surface area contributed by atoms with Crippen molar-refractivity contribution in [3.8, 4) is 0 Å². The summed E-state index contributed by atoms with van der Waals surface area (Å²) in [5.41, 5.74) is 6.19. The van der Waals surface area contributed by atoms with E-state index in [0.717, 1.165) is 0 Å². The highest BCUT2D eigenvalue weighted by atomic mass is 16.4. The molecule has 374 valence electrons. The summed E-state index contributed by atoms with van der Waals surface area (Å²) in [5.74, 6) is -9.39. The molecule has 19 N–H and O–H groups in total. The number of hydrogen-bond donors (Lipinski definition) is 18. The maximum atomic E-state index is 13.6. The fourth-order valence-corrected chi connectivity index (χ4v) is 6.18. The van der Waals surface area contributed by atoms with E-state index in [9.17, 15) is 84.3 Å². The zero-order chi connectivity index (χ0) is 51.0. The number of hydrogen-bond acceptors (Lipinski definition) is 21. The van der Waals surface area contributed by atoms with Gasteiger partial charge in [0.1, 0.15) is 54.7 Å². The van der Waals surface area contributed by atoms with Crippen LogP contribution in [0.2, 0.25) is 0 Å². The minimum Gasteiger partial charge on any atom is -0.481 e. The number of nitrogens with one attached hydrogen (secondary N) is 7. The van der Waals surface area contributed by atoms with Gasteiger partial charge >= 0.3 is 11.9 Å². The molecule has 0 saturated carbocycles. The lowest BCUT2D eigenvalue weighted by Gasteiger charge is -2.32. The summed E-state index contributed by atoms with van der Waals surface area (Å²) < 4.78 is 0. The molecule has 0 bridgehead atoms. The van der Waals surface area contributed by atoms with E-state index in [1.807, 2.05) is 10.6 Å². The van der Waals surface area contributed by atoms with Gasteiger partial charge in [0.2, 0.25) is 29.6 Å². The molecular weight excluding hydrogens is 910 g/mol. The number of nitrogens with two attached hydrogens (primary N) is 1. The van der Waals surface area contributed by atoms with E-state index >= 15 is 0 Å². The van der Waals surface area contributed by atoms with Crippen LogP contribution in [0.1, 0.15) is 55.6 Å². The third kappa shape index (κ3) is 16.4. The van der Waals surface area contributed by atoms with E-state index in [4.69, 9.17) is 10.8 Å². The number of anilines is 2. The number of nitrogen functional groups attached to an aromatic ring is 1. The van der Waals surface area contributed by atoms with Crippen LogP contribution in [0.25, 0.3) is 11.2 Å². The second-order valence-corrected chi connectivity index (χ2v) is 15.5. The number of carboxylic acid groups (broad SMARTS) is 2. The molecule has 29 nitrogen and oxygen atoms in total. The van der Waals surface area contributed by atoms with Gasteiger partial charge in [-0.1, -0.05) is 0 Å². The fourth-order valence-electron chi connectivity index (χ4n) is 6.18. The van der Waals surface area contributed by atoms with Gasteiger partial charge in [0.05, 0.1) is 44.5 Å². The van der Waals surface area contributed by atoms with Crippen LogP contribution in [0.5, 0.6) is 0 Å². The molecule has 2 aromatic heterocycles. The normalized spacial score (nSPS) is 16.2. The van der Waals surface area contributed by atoms with Gasteiger partial charge in [0, 0.05) is 29.8 Å². The highest BCUT2D eigenvalue weighted by Gasteiger charge is 2.41. The summed E-state index contributed by atoms with van der Waals surface area (Å²) in [4.78, 5) is 116. The fraction of sp³-hybridized carbons (Fsp3) is 0.513. The molecule has 11 atom stereocenters. The van der Waals surface area contributed by atoms with Crippen LogP contribution in [0.3, 0.4) is 0 Å². The largest absolute Gasteiger partial charge is 0.481 e. The van der Waals surface area contributed by atoms with E-state index < -0.39 is 146 Å². The Balaban J connectivity index is 1.70. The highest BCUT2D eigenvalue weighted by molar-refractivity contribution is 5.97. The third-order valence-electron chi connectivity index (χ3n) is 9.89. The average molecular weight is 966 g/mol. The summed E-state index contributed by atoms with van der Waals surface area (Å²) in [7, 11) is 0. The second kappa shape index (κ2) is 25.8. The number of carbonyl (C=O) groups is 7. The predicted molar refractivity (Wildman–Crippen MR) is 230 cm³/mol. The Morgan fingerprint density at radius 2 is 1.25 bits per heavy atom. The zero-order valence-electron chi connectivity index (χ0n) is 36.3. The van der Waals surface area contributed by atoms with Crippen LogP contribution in [0, 0.1) is 0 Å². The topological polar surface area (TPSA) is 492 Å². The molecule has 0 aliphatic carbocycles. The molecule has 0 radical (unpaired) electrons. The first-order chi connectivity index (χ1) is 31.9. The van der Waals surface area contributed by atoms with Crippen molar-refractivity contribution in [3.05, 3.63) is 52.1 Å². The maximum absolute atomic E-state index is 13.6. The number of aromatic amines is 1. The molecule has 0 fully saturated rings. The summed E-state index contributed by atoms with van der Waals surface area (Å²) in [6.07, 6.45) is -15.0. The van der Waals surface area contributed by atoms with E-state index in [1.54, 1.807) is 12.1 Å². The van der Waals surface area contributed by atoms with Crippen LogP contribution in [-0.2, 0) is 35.3 Å². The molecule has 0 aliphatic heterocycles. The molecule has 0 spiro atoms. The van der Waals surface area contributed by atoms with Crippen LogP contribution in [0.4, 0.5) is 11.6 Å². The standard InChI is InChI=1S/C39H55N11O18/c1-15(43-34(64)17-4-6-18(7-5-17)41-11-19-12-42-33-28(45-19)38(68)50-39(40)49-33)3-8-23(55)47-26(31(62)29(60)21(53)13-51)37(67)46-20(10-25(58)59)35(65)48-27(32(63)30(61)22(54)14-52)36(66)44-16(2)9-24(56)57/h4-7,12,15-16,20-22,26-27,29-32,41,51-54,60-63H,3,8-11,13-14H2,1-2H3,(H,43,64)(H,44,66)(H,46,67)(H,47,55)(H,48,65)(H,56,57)(H,58,59)(H3,40,42,49,50,68)/t15-,16-,20+,21-,22-,26+,27+,29-,30-,31-,32-/m1/s1. The Bertz CT molecular complexity index is 2300. The SMILES string of the molecule is C[C@H](CCC(=O)N[C@H](C(=O)N[C@@H](CC(=O)O)C(=O)N[C@H](C(=O)N[C@H](C)CC(=O)O)[C@@H](O)[C@H](O)[C@H](O)CO)[C@@H](O)[C@H](O)[C@H](O)CO)NC(=O)c1ccc(NCc2cnc3nc(N)[nH]c(=O)c3n2)cc1. The number of rotatable bonds is 27. The van der Waals surface area contributed by atoms with Gasteiger partial charge in [-0.25, -0.2) is 9.97 Å². The van der Waals surface area contributed by atoms with E-state index in [1.165, 1.54) is 32.2 Å². The van der Waals surface area contributed by atoms with Gasteiger partial charge in [-0.3, -0.25) is 43.3 Å². The number of H-pyrrole nitrogens is 1. The minimum atomic E-state index is -2.46. The quantitative estimate of drug-likeness (QED) is 0.0337. The number of nitrogens with zero attached hydrogens (tertiary/aromatic N) is 3. The first-order valence-corrected chi connectivity index (χ1v) is 20.6. The molecule has 3 rings (SSSR count). The van der Waals surface area contributed by atoms with Crippen molar-refractivity contribution < 1.29 is 84.6 Å². The Kier molecular flexibility index (Phi) is 21.0. The maximum Gasteiger partial charge on any atom is 0.305 e. The molecule has 2 heterocycles. The van der Waals surface area contributed by atoms with E-state index in [-0.39, 0.29) is 35.6 Å². The van der Waals surface area contributed by atoms with Crippen LogP contribution < -0.4 is 43.2 Å². The molecule has 0 aliphatic rings. The molecular formula is C39H55N11O18. The lowest BCUT2D eigenvalue weighted by molar-refractivity contribution is -0.145. The minimum absolute atomic E-state index is 0.00976. The molecule has 1 aromatic carbocycles. The predicted octanol–water partition coefficient (Wildman–Crippen LogP) is -7.14. The number of amides is 5. The smallest absolute Gasteiger partial charge is 0.305 e. The van der Waals surface area contributed by atoms with Gasteiger partial charge < -0.3 is 88.7 Å². The van der Waals surface area contributed by atoms with Crippen molar-refractivity contribution in [1.82, 2.24) is 46.5 Å². The van der Waals surface area contributed by atoms with Crippen molar-refractivity contribution in [1.29, 1.82) is 0 Å². The zero-order valence-corrected chi connectivity index (χ0v) is 36.3. The second-order valence-electron chi connectivity index (χ2n) is 15.5. The van der Waals surface area contributed by atoms with Crippen molar-refractivity contribution in [3.63, 3.8) is 0 Å². The summed E-state index contributed by atoms with van der Waals surface area (Å²) in [6.45, 7) is 0.557. The number of benzene rings is 1. The third-order valence-corrected chi connectivity index (χ3v) is 9.89. The lowest BCUT2D eigenvalue weighted by atomic mass is 9.98. The average Bonchev–Trinajstić information content (AvgIpc) is 3.28. The van der Waals surface area contributed by atoms with Crippen LogP contribution in [0.15, 0.2) is 35.3 Å². The lowest BCUT2D eigenvalue weighted by Crippen LogP contribution is -2.64. The van der Waals surface area contributed by atoms with Gasteiger partial charge in [-0.2, -0.15) is 4.98 Å². The summed E-state index contributed by atoms with van der Waals surface area (Å²) in [5, 5.41) is 113. The van der Waals surface area contributed by atoms with Crippen molar-refractivity contribution >= 4 is 64.3 Å². The molecule has 68 heavy (non-hydrogen) atoms. The monoisotopic (exact) mass is 965 g/mol. The number of aliphatic carboxylic acids is 2. The number of aromatic nitrogens is 4. The summed E-state index contributed by atoms with van der Waals surface area (Å²) in [6, 6.07) is -2.64. The van der Waals surface area contributed by atoms with Crippen molar-refractivity contribution in [2.24, 2.45) is 0 Å². The molecule has 5 amide bonds. The first kappa shape index (κ1) is 55.3. The van der Waals surface area contributed by atoms with E-state index in [0.29, 0.717) is 11.4 Å². The molecule has 3 aromatic rings. The van der Waals surface area contributed by atoms with Crippen molar-refractivity contribution in [2.75, 3.05) is 24.3 Å². The first-order valence-electron chi connectivity index (χ1n) is 20.6. The van der Waals surface area contributed by atoms with Crippen molar-refractivity contribution in [2.45, 2.75) is 113 Å². The van der Waals surface area contributed by atoms with Gasteiger partial charge in [0.25, 0.3) is 11.5 Å². The van der Waals surface area contributed by atoms with E-state index in [2.05, 4.69) is 41.2 Å². The van der Waals surface area contributed by atoms with Gasteiger partial charge in [0.15, 0.2) is 11.2 Å². The highest BCUT2D eigenvalue weighted by Crippen LogP contribution is 2.14. The molecule has 29 heteroatoms. The van der Waals surface area contributed by atoms with Crippen LogP contribution in [-0.4, -0.2) is 193 Å². The molecule has 0 unspecified atom stereocenters. The number of fused-ring (bicyclic) bond motifs is 1.